The number of pyridine rings is 2. The van der Waals surface area contributed by atoms with Gasteiger partial charge in [0.2, 0.25) is 5.91 Å². The van der Waals surface area contributed by atoms with Gasteiger partial charge in [-0.2, -0.15) is 0 Å². The lowest BCUT2D eigenvalue weighted by Gasteiger charge is -2.18. The number of hydrogen-bond donors (Lipinski definition) is 2. The average Bonchev–Trinajstić information content (AvgIpc) is 3.12. The van der Waals surface area contributed by atoms with Crippen LogP contribution in [-0.2, 0) is 17.6 Å². The molecule has 0 radical (unpaired) electrons. The Kier molecular flexibility index (Phi) is 7.07. The third-order valence-electron chi connectivity index (χ3n) is 4.40. The molecule has 6 heteroatoms. The van der Waals surface area contributed by atoms with E-state index in [1.807, 2.05) is 36.6 Å². The number of aryl methyl sites for hydroxylation is 1. The minimum atomic E-state index is -0.329. The first kappa shape index (κ1) is 19.2. The van der Waals surface area contributed by atoms with Gasteiger partial charge in [0.25, 0.3) is 0 Å². The zero-order valence-corrected chi connectivity index (χ0v) is 16.2. The summed E-state index contributed by atoms with van der Waals surface area (Å²) in [6.07, 6.45) is 8.78. The molecule has 0 aliphatic heterocycles. The van der Waals surface area contributed by atoms with Gasteiger partial charge in [0.1, 0.15) is 6.04 Å². The second kappa shape index (κ2) is 9.94. The third kappa shape index (κ3) is 5.70. The van der Waals surface area contributed by atoms with E-state index in [0.29, 0.717) is 6.54 Å². The molecule has 1 atom stereocenters. The van der Waals surface area contributed by atoms with Crippen LogP contribution in [0.3, 0.4) is 0 Å². The molecule has 3 aromatic heterocycles. The normalized spacial score (nSPS) is 11.9. The van der Waals surface area contributed by atoms with Crippen molar-refractivity contribution in [2.45, 2.75) is 25.8 Å². The summed E-state index contributed by atoms with van der Waals surface area (Å²) >= 11 is 1.62. The van der Waals surface area contributed by atoms with Crippen LogP contribution in [0.5, 0.6) is 0 Å². The maximum absolute atomic E-state index is 12.8. The Hall–Kier alpha value is -2.57. The van der Waals surface area contributed by atoms with E-state index in [9.17, 15) is 4.79 Å². The summed E-state index contributed by atoms with van der Waals surface area (Å²) in [5.41, 5.74) is 3.52. The van der Waals surface area contributed by atoms with E-state index < -0.39 is 0 Å². The van der Waals surface area contributed by atoms with E-state index in [4.69, 9.17) is 0 Å². The lowest BCUT2D eigenvalue weighted by atomic mass is 10.1. The molecule has 2 N–H and O–H groups in total. The van der Waals surface area contributed by atoms with Crippen molar-refractivity contribution in [3.63, 3.8) is 0 Å². The summed E-state index contributed by atoms with van der Waals surface area (Å²) in [5, 5.41) is 8.53. The first-order valence-electron chi connectivity index (χ1n) is 9.07. The van der Waals surface area contributed by atoms with E-state index in [0.717, 1.165) is 29.8 Å². The summed E-state index contributed by atoms with van der Waals surface area (Å²) in [6, 6.07) is 9.68. The number of nitrogens with zero attached hydrogens (tertiary/aromatic N) is 2. The number of hydrogen-bond acceptors (Lipinski definition) is 5. The van der Waals surface area contributed by atoms with Gasteiger partial charge in [0, 0.05) is 42.8 Å². The van der Waals surface area contributed by atoms with Crippen LogP contribution in [0.1, 0.15) is 27.6 Å². The van der Waals surface area contributed by atoms with Crippen molar-refractivity contribution >= 4 is 17.2 Å². The number of thiophene rings is 1. The van der Waals surface area contributed by atoms with Gasteiger partial charge in [0.15, 0.2) is 0 Å². The number of carbonyl (C=O) groups excluding carboxylic acids is 1. The van der Waals surface area contributed by atoms with Crippen molar-refractivity contribution < 1.29 is 4.79 Å². The summed E-state index contributed by atoms with van der Waals surface area (Å²) in [6.45, 7) is 3.38. The highest BCUT2D eigenvalue weighted by atomic mass is 32.1. The van der Waals surface area contributed by atoms with Crippen molar-refractivity contribution in [1.82, 2.24) is 20.6 Å². The topological polar surface area (TPSA) is 66.9 Å². The predicted molar refractivity (Wildman–Crippen MR) is 109 cm³/mol. The van der Waals surface area contributed by atoms with Gasteiger partial charge in [-0.05, 0) is 72.2 Å². The smallest absolute Gasteiger partial charge is 0.242 e. The molecule has 27 heavy (non-hydrogen) atoms. The fourth-order valence-electron chi connectivity index (χ4n) is 2.88. The molecule has 0 bridgehead atoms. The van der Waals surface area contributed by atoms with Crippen molar-refractivity contribution in [1.29, 1.82) is 0 Å². The Balaban J connectivity index is 1.57. The highest BCUT2D eigenvalue weighted by molar-refractivity contribution is 7.10. The number of aromatic nitrogens is 2. The predicted octanol–water partition coefficient (Wildman–Crippen LogP) is 3.08. The second-order valence-electron chi connectivity index (χ2n) is 6.36. The summed E-state index contributed by atoms with van der Waals surface area (Å²) in [7, 11) is 0. The molecule has 0 aliphatic rings. The van der Waals surface area contributed by atoms with Crippen LogP contribution >= 0.6 is 11.3 Å². The second-order valence-corrected chi connectivity index (χ2v) is 7.30. The zero-order valence-electron chi connectivity index (χ0n) is 15.4. The minimum Gasteiger partial charge on any atom is -0.354 e. The lowest BCUT2D eigenvalue weighted by molar-refractivity contribution is -0.123. The maximum Gasteiger partial charge on any atom is 0.242 e. The molecule has 140 valence electrons. The first-order valence-corrected chi connectivity index (χ1v) is 9.95. The summed E-state index contributed by atoms with van der Waals surface area (Å²) < 4.78 is 0. The largest absolute Gasteiger partial charge is 0.354 e. The van der Waals surface area contributed by atoms with E-state index in [1.54, 1.807) is 36.1 Å². The Labute approximate surface area is 163 Å². The van der Waals surface area contributed by atoms with E-state index in [-0.39, 0.29) is 11.9 Å². The van der Waals surface area contributed by atoms with Crippen LogP contribution in [0.15, 0.2) is 60.5 Å². The highest BCUT2D eigenvalue weighted by Crippen LogP contribution is 2.24. The van der Waals surface area contributed by atoms with Crippen LogP contribution in [0.25, 0.3) is 0 Å². The molecular weight excluding hydrogens is 356 g/mol. The van der Waals surface area contributed by atoms with Gasteiger partial charge < -0.3 is 10.6 Å². The Morgan fingerprint density at radius 3 is 2.11 bits per heavy atom. The number of rotatable bonds is 9. The Bertz CT molecular complexity index is 836. The molecule has 3 heterocycles. The molecule has 1 unspecified atom stereocenters. The fourth-order valence-corrected chi connectivity index (χ4v) is 3.88. The standard InChI is InChI=1S/C21H24N4OS/c1-16-8-15-27-20(16)19(24-13-6-17-2-9-22-10-3-17)21(26)25-14-7-18-4-11-23-12-5-18/h2-5,8-12,15,19,24H,6-7,13-14H2,1H3,(H,25,26). The van der Waals surface area contributed by atoms with Crippen molar-refractivity contribution in [2.24, 2.45) is 0 Å². The maximum atomic E-state index is 12.8. The molecule has 0 saturated carbocycles. The van der Waals surface area contributed by atoms with E-state index in [1.165, 1.54) is 11.1 Å². The van der Waals surface area contributed by atoms with Crippen LogP contribution in [-0.4, -0.2) is 29.0 Å². The van der Waals surface area contributed by atoms with Gasteiger partial charge in [-0.3, -0.25) is 14.8 Å². The highest BCUT2D eigenvalue weighted by Gasteiger charge is 2.22. The molecule has 5 nitrogen and oxygen atoms in total. The van der Waals surface area contributed by atoms with Gasteiger partial charge in [-0.25, -0.2) is 0 Å². The number of nitrogens with one attached hydrogen (secondary N) is 2. The quantitative estimate of drug-likeness (QED) is 0.599. The fraction of sp³-hybridized carbons (Fsp3) is 0.286. The third-order valence-corrected chi connectivity index (χ3v) is 5.48. The average molecular weight is 381 g/mol. The van der Waals surface area contributed by atoms with Crippen LogP contribution < -0.4 is 10.6 Å². The monoisotopic (exact) mass is 380 g/mol. The Morgan fingerprint density at radius 2 is 1.56 bits per heavy atom. The van der Waals surface area contributed by atoms with Crippen molar-refractivity contribution in [3.05, 3.63) is 82.1 Å². The lowest BCUT2D eigenvalue weighted by Crippen LogP contribution is -2.39. The molecule has 1 amide bonds. The van der Waals surface area contributed by atoms with Crippen molar-refractivity contribution in [2.75, 3.05) is 13.1 Å². The molecule has 3 aromatic rings. The van der Waals surface area contributed by atoms with Crippen LogP contribution in [0.4, 0.5) is 0 Å². The minimum absolute atomic E-state index is 0.0179. The molecule has 3 rings (SSSR count). The van der Waals surface area contributed by atoms with Gasteiger partial charge in [-0.15, -0.1) is 11.3 Å². The SMILES string of the molecule is Cc1ccsc1C(NCCc1ccncc1)C(=O)NCCc1ccncc1. The van der Waals surface area contributed by atoms with Gasteiger partial charge in [0.05, 0.1) is 0 Å². The molecule has 0 saturated heterocycles. The zero-order chi connectivity index (χ0) is 18.9. The van der Waals surface area contributed by atoms with Crippen molar-refractivity contribution in [3.8, 4) is 0 Å². The molecule has 0 fully saturated rings. The van der Waals surface area contributed by atoms with Gasteiger partial charge >= 0.3 is 0 Å². The van der Waals surface area contributed by atoms with E-state index >= 15 is 0 Å². The van der Waals surface area contributed by atoms with Gasteiger partial charge in [-0.1, -0.05) is 0 Å². The number of carbonyl (C=O) groups is 1. The Morgan fingerprint density at radius 1 is 0.963 bits per heavy atom. The molecule has 0 aromatic carbocycles. The summed E-state index contributed by atoms with van der Waals surface area (Å²) in [5.74, 6) is 0.0179. The van der Waals surface area contributed by atoms with Crippen LogP contribution in [0.2, 0.25) is 0 Å². The molecular formula is C21H24N4OS. The molecule has 0 aliphatic carbocycles. The first-order chi connectivity index (χ1) is 13.2. The van der Waals surface area contributed by atoms with Crippen LogP contribution in [0, 0.1) is 6.92 Å². The number of amides is 1. The summed E-state index contributed by atoms with van der Waals surface area (Å²) in [4.78, 5) is 22.0. The molecule has 0 spiro atoms. The van der Waals surface area contributed by atoms with E-state index in [2.05, 4.69) is 26.7 Å².